The van der Waals surface area contributed by atoms with Gasteiger partial charge in [-0.15, -0.1) is 0 Å². The van der Waals surface area contributed by atoms with Crippen molar-refractivity contribution in [2.45, 2.75) is 25.4 Å². The zero-order valence-electron chi connectivity index (χ0n) is 13.8. The van der Waals surface area contributed by atoms with E-state index in [-0.39, 0.29) is 24.1 Å². The highest BCUT2D eigenvalue weighted by Gasteiger charge is 2.46. The molecule has 1 aromatic rings. The maximum absolute atomic E-state index is 13.0. The van der Waals surface area contributed by atoms with Gasteiger partial charge in [0.1, 0.15) is 11.8 Å². The molecule has 1 aromatic carbocycles. The van der Waals surface area contributed by atoms with Crippen molar-refractivity contribution in [1.82, 2.24) is 9.99 Å². The van der Waals surface area contributed by atoms with Crippen LogP contribution in [0.15, 0.2) is 30.3 Å². The molecule has 3 rings (SSSR count). The SMILES string of the molecule is C[C@H](NP(=O)(OC[C@H]1C(=O)C2CCN1C2)Oc1ccccc1)C(=O)O. The topological polar surface area (TPSA) is 105 Å². The van der Waals surface area contributed by atoms with E-state index in [0.717, 1.165) is 13.0 Å². The summed E-state index contributed by atoms with van der Waals surface area (Å²) in [6.45, 7) is 2.76. The van der Waals surface area contributed by atoms with Crippen LogP contribution in [-0.2, 0) is 18.7 Å². The highest BCUT2D eigenvalue weighted by molar-refractivity contribution is 7.52. The van der Waals surface area contributed by atoms with Gasteiger partial charge in [0.25, 0.3) is 0 Å². The summed E-state index contributed by atoms with van der Waals surface area (Å²) in [5.41, 5.74) is 0. The van der Waals surface area contributed by atoms with Crippen molar-refractivity contribution >= 4 is 19.5 Å². The van der Waals surface area contributed by atoms with Gasteiger partial charge in [-0.3, -0.25) is 19.0 Å². The highest BCUT2D eigenvalue weighted by atomic mass is 31.2. The third-order valence-corrected chi connectivity index (χ3v) is 6.13. The number of ketones is 1. The molecule has 2 aliphatic rings. The predicted molar refractivity (Wildman–Crippen MR) is 89.3 cm³/mol. The Morgan fingerprint density at radius 1 is 1.44 bits per heavy atom. The third-order valence-electron chi connectivity index (χ3n) is 4.48. The Morgan fingerprint density at radius 2 is 2.16 bits per heavy atom. The molecule has 2 bridgehead atoms. The summed E-state index contributed by atoms with van der Waals surface area (Å²) in [5, 5.41) is 11.5. The molecule has 2 fully saturated rings. The molecule has 2 heterocycles. The number of benzene rings is 1. The molecular formula is C16H21N2O6P. The second-order valence-corrected chi connectivity index (χ2v) is 7.98. The minimum atomic E-state index is -3.96. The summed E-state index contributed by atoms with van der Waals surface area (Å²) in [6.07, 6.45) is 0.849. The minimum absolute atomic E-state index is 0.0222. The molecule has 9 heteroatoms. The predicted octanol–water partition coefficient (Wildman–Crippen LogP) is 1.53. The number of nitrogens with zero attached hydrogens (tertiary/aromatic N) is 1. The first kappa shape index (κ1) is 18.1. The van der Waals surface area contributed by atoms with Crippen molar-refractivity contribution in [3.8, 4) is 5.75 Å². The number of hydrogen-bond acceptors (Lipinski definition) is 6. The van der Waals surface area contributed by atoms with Gasteiger partial charge in [-0.25, -0.2) is 4.57 Å². The molecule has 2 N–H and O–H groups in total. The molecule has 0 amide bonds. The average Bonchev–Trinajstić information content (AvgIpc) is 3.15. The van der Waals surface area contributed by atoms with Gasteiger partial charge in [0.2, 0.25) is 0 Å². The van der Waals surface area contributed by atoms with Crippen molar-refractivity contribution < 1.29 is 28.3 Å². The Hall–Kier alpha value is -1.73. The molecule has 2 aliphatic heterocycles. The Morgan fingerprint density at radius 3 is 2.76 bits per heavy atom. The number of aliphatic carboxylic acids is 1. The molecule has 0 radical (unpaired) electrons. The molecule has 0 aliphatic carbocycles. The van der Waals surface area contributed by atoms with Crippen LogP contribution in [0.25, 0.3) is 0 Å². The number of rotatable bonds is 8. The Balaban J connectivity index is 1.70. The zero-order valence-corrected chi connectivity index (χ0v) is 14.7. The summed E-state index contributed by atoms with van der Waals surface area (Å²) in [4.78, 5) is 25.3. The van der Waals surface area contributed by atoms with E-state index in [9.17, 15) is 14.2 Å². The van der Waals surface area contributed by atoms with Crippen LogP contribution in [0.1, 0.15) is 13.3 Å². The van der Waals surface area contributed by atoms with Crippen LogP contribution in [0.2, 0.25) is 0 Å². The molecule has 2 saturated heterocycles. The standard InChI is InChI=1S/C16H21N2O6P/c1-11(16(20)21)17-25(22,24-13-5-3-2-4-6-13)23-10-14-15(19)12-7-8-18(14)9-12/h2-6,11-12,14H,7-10H2,1H3,(H,17,22)(H,20,21)/t11-,12?,14-,25?/m0/s1. The van der Waals surface area contributed by atoms with E-state index >= 15 is 0 Å². The smallest absolute Gasteiger partial charge is 0.459 e. The van der Waals surface area contributed by atoms with E-state index in [0.29, 0.717) is 6.54 Å². The minimum Gasteiger partial charge on any atom is -0.480 e. The Bertz CT molecular complexity index is 697. The lowest BCUT2D eigenvalue weighted by atomic mass is 9.99. The molecule has 0 aromatic heterocycles. The molecule has 0 spiro atoms. The summed E-state index contributed by atoms with van der Waals surface area (Å²) in [6, 6.07) is 6.77. The van der Waals surface area contributed by atoms with Gasteiger partial charge in [-0.05, 0) is 32.0 Å². The maximum Gasteiger partial charge on any atom is 0.459 e. The van der Waals surface area contributed by atoms with Gasteiger partial charge < -0.3 is 9.63 Å². The van der Waals surface area contributed by atoms with Crippen molar-refractivity contribution in [1.29, 1.82) is 0 Å². The van der Waals surface area contributed by atoms with Gasteiger partial charge in [0.05, 0.1) is 12.6 Å². The fourth-order valence-electron chi connectivity index (χ4n) is 3.11. The highest BCUT2D eigenvalue weighted by Crippen LogP contribution is 2.45. The van der Waals surface area contributed by atoms with Gasteiger partial charge in [0.15, 0.2) is 5.78 Å². The first-order valence-electron chi connectivity index (χ1n) is 8.15. The lowest BCUT2D eigenvalue weighted by Gasteiger charge is -2.27. The second-order valence-electron chi connectivity index (χ2n) is 6.29. The molecular weight excluding hydrogens is 347 g/mol. The summed E-state index contributed by atoms with van der Waals surface area (Å²) in [7, 11) is -3.96. The number of para-hydroxylation sites is 1. The fourth-order valence-corrected chi connectivity index (χ4v) is 4.61. The number of carbonyl (C=O) groups excluding carboxylic acids is 1. The van der Waals surface area contributed by atoms with Crippen LogP contribution >= 0.6 is 7.75 Å². The van der Waals surface area contributed by atoms with E-state index in [1.165, 1.54) is 6.92 Å². The second kappa shape index (κ2) is 7.25. The molecule has 136 valence electrons. The number of carbonyl (C=O) groups is 2. The largest absolute Gasteiger partial charge is 0.480 e. The number of fused-ring (bicyclic) bond motifs is 2. The van der Waals surface area contributed by atoms with Crippen LogP contribution < -0.4 is 9.61 Å². The van der Waals surface area contributed by atoms with Gasteiger partial charge >= 0.3 is 13.7 Å². The summed E-state index contributed by atoms with van der Waals surface area (Å²) >= 11 is 0. The number of carboxylic acid groups (broad SMARTS) is 1. The van der Waals surface area contributed by atoms with Crippen LogP contribution in [0.3, 0.4) is 0 Å². The summed E-state index contributed by atoms with van der Waals surface area (Å²) in [5.74, 6) is -0.784. The first-order valence-corrected chi connectivity index (χ1v) is 9.70. The molecule has 0 saturated carbocycles. The summed E-state index contributed by atoms with van der Waals surface area (Å²) < 4.78 is 23.9. The third kappa shape index (κ3) is 4.10. The van der Waals surface area contributed by atoms with Gasteiger partial charge in [0, 0.05) is 12.5 Å². The fraction of sp³-hybridized carbons (Fsp3) is 0.500. The van der Waals surface area contributed by atoms with Crippen molar-refractivity contribution in [3.63, 3.8) is 0 Å². The lowest BCUT2D eigenvalue weighted by Crippen LogP contribution is -2.41. The van der Waals surface area contributed by atoms with Crippen LogP contribution in [-0.4, -0.2) is 53.5 Å². The van der Waals surface area contributed by atoms with Crippen molar-refractivity contribution in [2.24, 2.45) is 5.92 Å². The van der Waals surface area contributed by atoms with Gasteiger partial charge in [-0.2, -0.15) is 5.09 Å². The zero-order chi connectivity index (χ0) is 18.0. The lowest BCUT2D eigenvalue weighted by molar-refractivity contribution is -0.138. The number of hydrogen-bond donors (Lipinski definition) is 2. The number of carboxylic acids is 1. The van der Waals surface area contributed by atoms with E-state index in [1.54, 1.807) is 30.3 Å². The van der Waals surface area contributed by atoms with Crippen LogP contribution in [0.5, 0.6) is 5.75 Å². The Kier molecular flexibility index (Phi) is 5.24. The van der Waals surface area contributed by atoms with Crippen LogP contribution in [0.4, 0.5) is 0 Å². The average molecular weight is 368 g/mol. The molecule has 8 nitrogen and oxygen atoms in total. The molecule has 25 heavy (non-hydrogen) atoms. The number of nitrogens with one attached hydrogen (secondary N) is 1. The van der Waals surface area contributed by atoms with E-state index in [1.807, 2.05) is 4.90 Å². The van der Waals surface area contributed by atoms with Crippen LogP contribution in [0, 0.1) is 5.92 Å². The number of Topliss-reactive ketones (excluding diaryl/α,β-unsaturated/α-hetero) is 1. The van der Waals surface area contributed by atoms with Crippen molar-refractivity contribution in [3.05, 3.63) is 30.3 Å². The molecule has 3 unspecified atom stereocenters. The van der Waals surface area contributed by atoms with E-state index in [4.69, 9.17) is 14.2 Å². The monoisotopic (exact) mass is 368 g/mol. The molecule has 5 atom stereocenters. The number of piperidine rings is 1. The maximum atomic E-state index is 13.0. The van der Waals surface area contributed by atoms with E-state index in [2.05, 4.69) is 5.09 Å². The first-order chi connectivity index (χ1) is 11.9. The van der Waals surface area contributed by atoms with Crippen molar-refractivity contribution in [2.75, 3.05) is 19.7 Å². The quantitative estimate of drug-likeness (QED) is 0.666. The van der Waals surface area contributed by atoms with E-state index < -0.39 is 25.8 Å². The van der Waals surface area contributed by atoms with Gasteiger partial charge in [-0.1, -0.05) is 18.2 Å². The normalized spacial score (nSPS) is 28.5. The Labute approximate surface area is 145 Å².